The molecule has 0 spiro atoms. The van der Waals surface area contributed by atoms with Crippen molar-refractivity contribution < 1.29 is 9.53 Å². The minimum absolute atomic E-state index is 0.0903. The van der Waals surface area contributed by atoms with Crippen molar-refractivity contribution in [2.75, 3.05) is 33.8 Å². The van der Waals surface area contributed by atoms with Crippen LogP contribution < -0.4 is 4.74 Å². The van der Waals surface area contributed by atoms with Gasteiger partial charge in [0.1, 0.15) is 11.6 Å². The Hall–Kier alpha value is -3.12. The molecule has 3 aromatic rings. The van der Waals surface area contributed by atoms with Gasteiger partial charge in [-0.05, 0) is 36.7 Å². The second-order valence-electron chi connectivity index (χ2n) is 8.28. The van der Waals surface area contributed by atoms with Crippen LogP contribution in [0.5, 0.6) is 5.75 Å². The van der Waals surface area contributed by atoms with E-state index in [0.29, 0.717) is 23.4 Å². The fourth-order valence-corrected chi connectivity index (χ4v) is 5.19. The molecule has 0 saturated carbocycles. The lowest BCUT2D eigenvalue weighted by Gasteiger charge is -2.27. The average molecular weight is 402 g/mol. The van der Waals surface area contributed by atoms with Crippen molar-refractivity contribution in [2.24, 2.45) is 11.8 Å². The summed E-state index contributed by atoms with van der Waals surface area (Å²) in [5, 5.41) is 0. The minimum atomic E-state index is 0.0903. The van der Waals surface area contributed by atoms with E-state index in [9.17, 15) is 4.79 Å². The number of amides is 1. The highest BCUT2D eigenvalue weighted by atomic mass is 16.5. The lowest BCUT2D eigenvalue weighted by atomic mass is 9.89. The molecule has 2 aliphatic rings. The van der Waals surface area contributed by atoms with Crippen molar-refractivity contribution in [3.8, 4) is 17.1 Å². The maximum atomic E-state index is 13.5. The third kappa shape index (κ3) is 3.17. The lowest BCUT2D eigenvalue weighted by molar-refractivity contribution is 0.0768. The Morgan fingerprint density at radius 3 is 2.63 bits per heavy atom. The van der Waals surface area contributed by atoms with E-state index in [-0.39, 0.29) is 5.91 Å². The molecule has 1 N–H and O–H groups in total. The van der Waals surface area contributed by atoms with Crippen LogP contribution in [-0.4, -0.2) is 59.5 Å². The van der Waals surface area contributed by atoms with E-state index >= 15 is 0 Å². The quantitative estimate of drug-likeness (QED) is 0.726. The highest BCUT2D eigenvalue weighted by Crippen LogP contribution is 2.44. The minimum Gasteiger partial charge on any atom is -0.497 e. The van der Waals surface area contributed by atoms with E-state index in [1.54, 1.807) is 19.5 Å². The third-order valence-electron chi connectivity index (χ3n) is 6.55. The third-order valence-corrected chi connectivity index (χ3v) is 6.55. The molecule has 1 aromatic heterocycles. The lowest BCUT2D eigenvalue weighted by Crippen LogP contribution is -2.33. The predicted molar refractivity (Wildman–Crippen MR) is 115 cm³/mol. The van der Waals surface area contributed by atoms with Crippen LogP contribution in [0.2, 0.25) is 0 Å². The first-order valence-electron chi connectivity index (χ1n) is 10.4. The highest BCUT2D eigenvalue weighted by molar-refractivity contribution is 6.00. The smallest absolute Gasteiger partial charge is 0.254 e. The molecule has 154 valence electrons. The van der Waals surface area contributed by atoms with E-state index in [2.05, 4.69) is 34.0 Å². The molecule has 30 heavy (non-hydrogen) atoms. The number of carbonyl (C=O) groups is 1. The summed E-state index contributed by atoms with van der Waals surface area (Å²) in [6, 6.07) is 16.4. The number of benzene rings is 2. The Kier molecular flexibility index (Phi) is 4.79. The normalized spacial score (nSPS) is 23.5. The molecule has 0 radical (unpaired) electrons. The topological polar surface area (TPSA) is 61.5 Å². The number of rotatable bonds is 4. The Bertz CT molecular complexity index is 1030. The molecule has 0 aliphatic carbocycles. The zero-order valence-corrected chi connectivity index (χ0v) is 17.3. The van der Waals surface area contributed by atoms with E-state index in [4.69, 9.17) is 4.74 Å². The van der Waals surface area contributed by atoms with Crippen LogP contribution in [0.3, 0.4) is 0 Å². The number of hydrogen-bond donors (Lipinski definition) is 1. The summed E-state index contributed by atoms with van der Waals surface area (Å²) in [4.78, 5) is 25.4. The maximum Gasteiger partial charge on any atom is 0.254 e. The van der Waals surface area contributed by atoms with Crippen molar-refractivity contribution >= 4 is 5.91 Å². The van der Waals surface area contributed by atoms with Gasteiger partial charge in [-0.2, -0.15) is 0 Å². The molecule has 3 heterocycles. The second kappa shape index (κ2) is 7.61. The van der Waals surface area contributed by atoms with Gasteiger partial charge in [0, 0.05) is 49.6 Å². The number of fused-ring (bicyclic) bond motifs is 1. The van der Waals surface area contributed by atoms with Gasteiger partial charge in [-0.1, -0.05) is 30.3 Å². The van der Waals surface area contributed by atoms with Gasteiger partial charge in [0.25, 0.3) is 5.91 Å². The molecular formula is C24H26N4O2. The molecule has 2 saturated heterocycles. The second-order valence-corrected chi connectivity index (χ2v) is 8.28. The standard InChI is InChI=1S/C24H26N4O2/c1-27-13-17-14-28(15-21(17)22(27)16-7-9-18(30-2)10-8-16)24(29)20-6-4-3-5-19(20)23-25-11-12-26-23/h3-12,17,21-22H,13-15H2,1-2H3,(H,25,26)/t17-,21+,22-/m0/s1. The van der Waals surface area contributed by atoms with Crippen molar-refractivity contribution in [2.45, 2.75) is 6.04 Å². The van der Waals surface area contributed by atoms with Crippen LogP contribution >= 0.6 is 0 Å². The molecule has 0 unspecified atom stereocenters. The number of likely N-dealkylation sites (tertiary alicyclic amines) is 2. The fourth-order valence-electron chi connectivity index (χ4n) is 5.19. The molecule has 0 bridgehead atoms. The number of methoxy groups -OCH3 is 1. The number of aromatic amines is 1. The number of nitrogens with one attached hydrogen (secondary N) is 1. The largest absolute Gasteiger partial charge is 0.497 e. The van der Waals surface area contributed by atoms with Gasteiger partial charge >= 0.3 is 0 Å². The predicted octanol–water partition coefficient (Wildman–Crippen LogP) is 3.46. The molecular weight excluding hydrogens is 376 g/mol. The van der Waals surface area contributed by atoms with Gasteiger partial charge in [-0.25, -0.2) is 4.98 Å². The summed E-state index contributed by atoms with van der Waals surface area (Å²) >= 11 is 0. The summed E-state index contributed by atoms with van der Waals surface area (Å²) in [5.41, 5.74) is 2.85. The number of ether oxygens (including phenoxy) is 1. The molecule has 5 rings (SSSR count). The molecule has 6 heteroatoms. The molecule has 6 nitrogen and oxygen atoms in total. The van der Waals surface area contributed by atoms with E-state index in [1.807, 2.05) is 41.3 Å². The molecule has 2 fully saturated rings. The number of carbonyl (C=O) groups excluding carboxylic acids is 1. The Balaban J connectivity index is 1.39. The summed E-state index contributed by atoms with van der Waals surface area (Å²) in [6.07, 6.45) is 3.50. The number of hydrogen-bond acceptors (Lipinski definition) is 4. The maximum absolute atomic E-state index is 13.5. The molecule has 1 amide bonds. The zero-order chi connectivity index (χ0) is 20.7. The van der Waals surface area contributed by atoms with Crippen molar-refractivity contribution in [1.82, 2.24) is 19.8 Å². The first kappa shape index (κ1) is 18.9. The van der Waals surface area contributed by atoms with E-state index < -0.39 is 0 Å². The molecule has 3 atom stereocenters. The highest BCUT2D eigenvalue weighted by Gasteiger charge is 2.47. The first-order chi connectivity index (χ1) is 14.7. The van der Waals surface area contributed by atoms with Crippen LogP contribution in [0.1, 0.15) is 22.0 Å². The van der Waals surface area contributed by atoms with Crippen molar-refractivity contribution in [3.63, 3.8) is 0 Å². The average Bonchev–Trinajstić information content (AvgIpc) is 3.50. The van der Waals surface area contributed by atoms with E-state index in [0.717, 1.165) is 36.8 Å². The summed E-state index contributed by atoms with van der Waals surface area (Å²) in [5.74, 6) is 2.61. The van der Waals surface area contributed by atoms with Gasteiger partial charge < -0.3 is 14.6 Å². The van der Waals surface area contributed by atoms with E-state index in [1.165, 1.54) is 5.56 Å². The van der Waals surface area contributed by atoms with Crippen LogP contribution in [0, 0.1) is 11.8 Å². The Labute approximate surface area is 176 Å². The zero-order valence-electron chi connectivity index (χ0n) is 17.3. The number of nitrogens with zero attached hydrogens (tertiary/aromatic N) is 3. The van der Waals surface area contributed by atoms with Crippen LogP contribution in [0.15, 0.2) is 60.9 Å². The molecule has 2 aliphatic heterocycles. The number of imidazole rings is 1. The first-order valence-corrected chi connectivity index (χ1v) is 10.4. The van der Waals surface area contributed by atoms with Crippen molar-refractivity contribution in [3.05, 3.63) is 72.1 Å². The molecule has 2 aromatic carbocycles. The monoisotopic (exact) mass is 402 g/mol. The summed E-state index contributed by atoms with van der Waals surface area (Å²) < 4.78 is 5.31. The van der Waals surface area contributed by atoms with Crippen LogP contribution in [0.4, 0.5) is 0 Å². The van der Waals surface area contributed by atoms with Gasteiger partial charge in [0.2, 0.25) is 0 Å². The van der Waals surface area contributed by atoms with Crippen LogP contribution in [-0.2, 0) is 0 Å². The number of H-pyrrole nitrogens is 1. The van der Waals surface area contributed by atoms with Crippen molar-refractivity contribution in [1.29, 1.82) is 0 Å². The number of aromatic nitrogens is 2. The van der Waals surface area contributed by atoms with Gasteiger partial charge in [-0.15, -0.1) is 0 Å². The Morgan fingerprint density at radius 1 is 1.10 bits per heavy atom. The van der Waals surface area contributed by atoms with Gasteiger partial charge in [-0.3, -0.25) is 9.69 Å². The Morgan fingerprint density at radius 2 is 1.90 bits per heavy atom. The summed E-state index contributed by atoms with van der Waals surface area (Å²) in [7, 11) is 3.87. The van der Waals surface area contributed by atoms with Crippen LogP contribution in [0.25, 0.3) is 11.4 Å². The van der Waals surface area contributed by atoms with Gasteiger partial charge in [0.15, 0.2) is 0 Å². The SMILES string of the molecule is COc1ccc([C@H]2[C@@H]3CN(C(=O)c4ccccc4-c4ncc[nH]4)C[C@@H]3CN2C)cc1. The summed E-state index contributed by atoms with van der Waals surface area (Å²) in [6.45, 7) is 2.58. The fraction of sp³-hybridized carbons (Fsp3) is 0.333. The van der Waals surface area contributed by atoms with Gasteiger partial charge in [0.05, 0.1) is 12.7 Å².